The van der Waals surface area contributed by atoms with E-state index in [1.54, 1.807) is 32.0 Å². The van der Waals surface area contributed by atoms with Crippen molar-refractivity contribution in [2.24, 2.45) is 0 Å². The lowest BCUT2D eigenvalue weighted by atomic mass is 9.94. The van der Waals surface area contributed by atoms with Crippen LogP contribution in [0.2, 0.25) is 0 Å². The number of alkyl halides is 3. The molecule has 4 rings (SSSR count). The second-order valence-corrected chi connectivity index (χ2v) is 10.4. The van der Waals surface area contributed by atoms with E-state index < -0.39 is 19.3 Å². The Morgan fingerprint density at radius 2 is 1.88 bits per heavy atom. The first-order valence-electron chi connectivity index (χ1n) is 10.2. The van der Waals surface area contributed by atoms with E-state index in [0.717, 1.165) is 22.6 Å². The average Bonchev–Trinajstić information content (AvgIpc) is 3.28. The Hall–Kier alpha value is -2.39. The summed E-state index contributed by atoms with van der Waals surface area (Å²) in [5, 5.41) is 0.385. The van der Waals surface area contributed by atoms with Crippen molar-refractivity contribution in [1.82, 2.24) is 4.98 Å². The number of thiazole rings is 1. The van der Waals surface area contributed by atoms with Gasteiger partial charge in [-0.1, -0.05) is 18.2 Å². The number of nitrogens with zero attached hydrogens (tertiary/aromatic N) is 1. The fourth-order valence-electron chi connectivity index (χ4n) is 3.82. The lowest BCUT2D eigenvalue weighted by Crippen LogP contribution is -2.07. The van der Waals surface area contributed by atoms with Crippen molar-refractivity contribution in [2.45, 2.75) is 26.4 Å². The van der Waals surface area contributed by atoms with E-state index in [1.165, 1.54) is 17.4 Å². The third-order valence-corrected chi connectivity index (χ3v) is 7.73. The van der Waals surface area contributed by atoms with Crippen LogP contribution in [0.25, 0.3) is 22.4 Å². The van der Waals surface area contributed by atoms with Gasteiger partial charge in [0.2, 0.25) is 0 Å². The summed E-state index contributed by atoms with van der Waals surface area (Å²) in [5.41, 5.74) is 8.28. The Morgan fingerprint density at radius 1 is 1.15 bits per heavy atom. The molecule has 0 bridgehead atoms. The number of halogens is 3. The van der Waals surface area contributed by atoms with Crippen LogP contribution in [-0.2, 0) is 26.2 Å². The van der Waals surface area contributed by atoms with Crippen molar-refractivity contribution in [3.63, 3.8) is 0 Å². The van der Waals surface area contributed by atoms with Crippen molar-refractivity contribution in [2.75, 3.05) is 25.3 Å². The standard InChI is InChI=1S/C22H22F3N2O4PS/c1-3-30-32(28,31-4-2)12-29-17-9-8-15(13-6-5-7-14(10-13)22(23,24)25)16-11-18-20(19(16)17)27-21(26)33-18/h5-10H,3-4,11-12H2,1-2H3,(H2,26,27). The van der Waals surface area contributed by atoms with Crippen molar-refractivity contribution in [1.29, 1.82) is 0 Å². The van der Waals surface area contributed by atoms with E-state index in [4.69, 9.17) is 19.5 Å². The van der Waals surface area contributed by atoms with Crippen LogP contribution in [0.5, 0.6) is 5.75 Å². The van der Waals surface area contributed by atoms with Crippen LogP contribution in [0.4, 0.5) is 18.3 Å². The third kappa shape index (κ3) is 4.80. The van der Waals surface area contributed by atoms with Gasteiger partial charge in [-0.15, -0.1) is 11.3 Å². The van der Waals surface area contributed by atoms with E-state index in [-0.39, 0.29) is 19.6 Å². The second kappa shape index (κ2) is 9.10. The van der Waals surface area contributed by atoms with Crippen LogP contribution in [0.15, 0.2) is 36.4 Å². The molecule has 0 unspecified atom stereocenters. The van der Waals surface area contributed by atoms with Gasteiger partial charge in [0.1, 0.15) is 5.75 Å². The van der Waals surface area contributed by atoms with Crippen LogP contribution in [-0.4, -0.2) is 24.5 Å². The minimum atomic E-state index is -4.45. The molecular formula is C22H22F3N2O4PS. The predicted molar refractivity (Wildman–Crippen MR) is 122 cm³/mol. The number of hydrogen-bond donors (Lipinski definition) is 1. The van der Waals surface area contributed by atoms with Crippen LogP contribution < -0.4 is 10.5 Å². The molecule has 2 N–H and O–H groups in total. The number of ether oxygens (including phenoxy) is 1. The van der Waals surface area contributed by atoms with Gasteiger partial charge in [0.25, 0.3) is 0 Å². The Kier molecular flexibility index (Phi) is 6.55. The van der Waals surface area contributed by atoms with E-state index in [2.05, 4.69) is 4.98 Å². The van der Waals surface area contributed by atoms with Gasteiger partial charge < -0.3 is 19.5 Å². The van der Waals surface area contributed by atoms with Crippen LogP contribution in [0.1, 0.15) is 29.9 Å². The normalized spacial score (nSPS) is 13.1. The van der Waals surface area contributed by atoms with Crippen molar-refractivity contribution in [3.8, 4) is 28.1 Å². The second-order valence-electron chi connectivity index (χ2n) is 7.26. The summed E-state index contributed by atoms with van der Waals surface area (Å²) in [6.45, 7) is 3.80. The van der Waals surface area contributed by atoms with Crippen molar-refractivity contribution < 1.29 is 31.5 Å². The first-order chi connectivity index (χ1) is 15.6. The minimum absolute atomic E-state index is 0.194. The van der Waals surface area contributed by atoms with E-state index in [9.17, 15) is 17.7 Å². The number of fused-ring (bicyclic) bond motifs is 3. The van der Waals surface area contributed by atoms with Gasteiger partial charge in [-0.3, -0.25) is 4.57 Å². The van der Waals surface area contributed by atoms with E-state index in [1.807, 2.05) is 0 Å². The zero-order valence-electron chi connectivity index (χ0n) is 17.9. The van der Waals surface area contributed by atoms with Crippen LogP contribution in [0, 0.1) is 0 Å². The fourth-order valence-corrected chi connectivity index (χ4v) is 5.98. The maximum atomic E-state index is 13.3. The molecule has 0 amide bonds. The van der Waals surface area contributed by atoms with E-state index in [0.29, 0.717) is 39.7 Å². The zero-order chi connectivity index (χ0) is 23.8. The monoisotopic (exact) mass is 498 g/mol. The molecular weight excluding hydrogens is 476 g/mol. The summed E-state index contributed by atoms with van der Waals surface area (Å²) in [6, 6.07) is 8.54. The lowest BCUT2D eigenvalue weighted by molar-refractivity contribution is -0.137. The highest BCUT2D eigenvalue weighted by Crippen LogP contribution is 2.52. The molecule has 11 heteroatoms. The molecule has 2 aromatic carbocycles. The molecule has 1 aromatic heterocycles. The van der Waals surface area contributed by atoms with Crippen molar-refractivity contribution in [3.05, 3.63) is 52.4 Å². The molecule has 0 fully saturated rings. The Balaban J connectivity index is 1.77. The number of nitrogens with two attached hydrogens (primary N) is 1. The number of benzene rings is 2. The van der Waals surface area contributed by atoms with Gasteiger partial charge in [0.15, 0.2) is 11.5 Å². The molecule has 33 heavy (non-hydrogen) atoms. The maximum Gasteiger partial charge on any atom is 0.416 e. The first-order valence-corrected chi connectivity index (χ1v) is 12.8. The number of nitrogen functional groups attached to an aromatic ring is 1. The fraction of sp³-hybridized carbons (Fsp3) is 0.318. The van der Waals surface area contributed by atoms with Gasteiger partial charge in [-0.05, 0) is 48.7 Å². The molecule has 1 aliphatic carbocycles. The number of hydrogen-bond acceptors (Lipinski definition) is 7. The highest BCUT2D eigenvalue weighted by Gasteiger charge is 2.33. The molecule has 0 saturated heterocycles. The molecule has 0 saturated carbocycles. The molecule has 0 atom stereocenters. The third-order valence-electron chi connectivity index (χ3n) is 5.09. The summed E-state index contributed by atoms with van der Waals surface area (Å²) in [5.74, 6) is 0.393. The predicted octanol–water partition coefficient (Wildman–Crippen LogP) is 6.58. The molecule has 1 aliphatic rings. The topological polar surface area (TPSA) is 83.7 Å². The molecule has 6 nitrogen and oxygen atoms in total. The highest BCUT2D eigenvalue weighted by molar-refractivity contribution is 7.53. The SMILES string of the molecule is CCOP(=O)(COc1ccc(-c2cccc(C(F)(F)F)c2)c2c1-c1nc(N)sc1C2)OCC. The summed E-state index contributed by atoms with van der Waals surface area (Å²) in [6.07, 6.45) is -4.30. The summed E-state index contributed by atoms with van der Waals surface area (Å²) >= 11 is 1.32. The molecule has 176 valence electrons. The number of aromatic nitrogens is 1. The van der Waals surface area contributed by atoms with Gasteiger partial charge in [0, 0.05) is 16.9 Å². The molecule has 0 radical (unpaired) electrons. The highest BCUT2D eigenvalue weighted by atomic mass is 32.1. The molecule has 0 spiro atoms. The van der Waals surface area contributed by atoms with E-state index >= 15 is 0 Å². The summed E-state index contributed by atoms with van der Waals surface area (Å²) in [7, 11) is -3.47. The smallest absolute Gasteiger partial charge is 0.416 e. The number of rotatable bonds is 8. The Bertz CT molecular complexity index is 1220. The summed E-state index contributed by atoms with van der Waals surface area (Å²) < 4.78 is 69.1. The molecule has 1 heterocycles. The minimum Gasteiger partial charge on any atom is -0.480 e. The van der Waals surface area contributed by atoms with Gasteiger partial charge >= 0.3 is 13.8 Å². The van der Waals surface area contributed by atoms with Gasteiger partial charge in [0.05, 0.1) is 24.5 Å². The quantitative estimate of drug-likeness (QED) is 0.276. The zero-order valence-corrected chi connectivity index (χ0v) is 19.7. The molecule has 0 aliphatic heterocycles. The van der Waals surface area contributed by atoms with Crippen LogP contribution >= 0.6 is 18.9 Å². The lowest BCUT2D eigenvalue weighted by Gasteiger charge is -2.19. The largest absolute Gasteiger partial charge is 0.480 e. The number of anilines is 1. The Morgan fingerprint density at radius 3 is 2.55 bits per heavy atom. The summed E-state index contributed by atoms with van der Waals surface area (Å²) in [4.78, 5) is 5.30. The van der Waals surface area contributed by atoms with Gasteiger partial charge in [-0.25, -0.2) is 4.98 Å². The van der Waals surface area contributed by atoms with Crippen molar-refractivity contribution >= 4 is 24.1 Å². The van der Waals surface area contributed by atoms with Crippen LogP contribution in [0.3, 0.4) is 0 Å². The maximum absolute atomic E-state index is 13.3. The average molecular weight is 498 g/mol. The first kappa shape index (κ1) is 23.8. The Labute approximate surface area is 193 Å². The molecule has 3 aromatic rings. The van der Waals surface area contributed by atoms with Gasteiger partial charge in [-0.2, -0.15) is 13.2 Å².